The highest BCUT2D eigenvalue weighted by Gasteiger charge is 2.33. The summed E-state index contributed by atoms with van der Waals surface area (Å²) in [5, 5.41) is 0. The first-order valence-corrected chi connectivity index (χ1v) is 3.57. The summed E-state index contributed by atoms with van der Waals surface area (Å²) in [5.74, 6) is 0. The summed E-state index contributed by atoms with van der Waals surface area (Å²) in [7, 11) is 0. The molecule has 0 aromatic rings. The maximum atomic E-state index is 11.7. The fourth-order valence-corrected chi connectivity index (χ4v) is 1.02. The minimum atomic E-state index is -4.54. The van der Waals surface area contributed by atoms with Gasteiger partial charge in [0.15, 0.2) is 0 Å². The van der Waals surface area contributed by atoms with Gasteiger partial charge in [-0.05, 0) is 18.9 Å². The van der Waals surface area contributed by atoms with Crippen LogP contribution in [0.25, 0.3) is 0 Å². The molecule has 1 rings (SSSR count). The van der Waals surface area contributed by atoms with Gasteiger partial charge in [0.05, 0.1) is 6.10 Å². The van der Waals surface area contributed by atoms with E-state index in [0.29, 0.717) is 12.0 Å². The maximum absolute atomic E-state index is 11.7. The molecule has 0 N–H and O–H groups in total. The summed E-state index contributed by atoms with van der Waals surface area (Å²) in [5.41, 5.74) is 0.606. The SMILES string of the molecule is CC1=CC=CCC1OC(F)(F)F. The molecule has 1 atom stereocenters. The second kappa shape index (κ2) is 3.31. The molecule has 1 nitrogen and oxygen atoms in total. The van der Waals surface area contributed by atoms with Crippen LogP contribution >= 0.6 is 0 Å². The van der Waals surface area contributed by atoms with Crippen LogP contribution in [-0.2, 0) is 4.74 Å². The molecule has 0 spiro atoms. The molecule has 0 fully saturated rings. The van der Waals surface area contributed by atoms with E-state index in [1.807, 2.05) is 0 Å². The molecule has 0 saturated heterocycles. The van der Waals surface area contributed by atoms with Crippen LogP contribution in [0, 0.1) is 0 Å². The Morgan fingerprint density at radius 3 is 2.67 bits per heavy atom. The van der Waals surface area contributed by atoms with Crippen LogP contribution in [-0.4, -0.2) is 12.5 Å². The fraction of sp³-hybridized carbons (Fsp3) is 0.500. The lowest BCUT2D eigenvalue weighted by atomic mass is 10.0. The summed E-state index contributed by atoms with van der Waals surface area (Å²) in [6.07, 6.45) is -0.0724. The second-order valence-electron chi connectivity index (χ2n) is 2.63. The predicted molar refractivity (Wildman–Crippen MR) is 38.4 cm³/mol. The molecule has 0 heterocycles. The summed E-state index contributed by atoms with van der Waals surface area (Å²) < 4.78 is 39.1. The highest BCUT2D eigenvalue weighted by atomic mass is 19.4. The lowest BCUT2D eigenvalue weighted by Gasteiger charge is -2.20. The van der Waals surface area contributed by atoms with Gasteiger partial charge in [0, 0.05) is 0 Å². The van der Waals surface area contributed by atoms with Crippen LogP contribution in [0.15, 0.2) is 23.8 Å². The molecule has 0 saturated carbocycles. The number of hydrogen-bond acceptors (Lipinski definition) is 1. The van der Waals surface area contributed by atoms with E-state index in [-0.39, 0.29) is 0 Å². The third-order valence-corrected chi connectivity index (χ3v) is 1.63. The number of ether oxygens (including phenoxy) is 1. The molecule has 0 amide bonds. The van der Waals surface area contributed by atoms with E-state index < -0.39 is 12.5 Å². The van der Waals surface area contributed by atoms with Crippen molar-refractivity contribution in [2.24, 2.45) is 0 Å². The maximum Gasteiger partial charge on any atom is 0.523 e. The van der Waals surface area contributed by atoms with Crippen LogP contribution in [0.4, 0.5) is 13.2 Å². The van der Waals surface area contributed by atoms with E-state index >= 15 is 0 Å². The molecule has 1 unspecified atom stereocenters. The van der Waals surface area contributed by atoms with Crippen molar-refractivity contribution < 1.29 is 17.9 Å². The van der Waals surface area contributed by atoms with Gasteiger partial charge >= 0.3 is 6.36 Å². The Labute approximate surface area is 68.5 Å². The fourth-order valence-electron chi connectivity index (χ4n) is 1.02. The molecular formula is C8H9F3O. The van der Waals surface area contributed by atoms with Gasteiger partial charge in [-0.3, -0.25) is 4.74 Å². The average Bonchev–Trinajstić information content (AvgIpc) is 1.91. The second-order valence-corrected chi connectivity index (χ2v) is 2.63. The van der Waals surface area contributed by atoms with E-state index in [0.717, 1.165) is 0 Å². The third-order valence-electron chi connectivity index (χ3n) is 1.63. The van der Waals surface area contributed by atoms with E-state index in [1.165, 1.54) is 0 Å². The van der Waals surface area contributed by atoms with Crippen molar-refractivity contribution in [1.82, 2.24) is 0 Å². The summed E-state index contributed by atoms with van der Waals surface area (Å²) in [4.78, 5) is 0. The zero-order chi connectivity index (χ0) is 9.19. The molecule has 68 valence electrons. The smallest absolute Gasteiger partial charge is 0.284 e. The minimum absolute atomic E-state index is 0.293. The van der Waals surface area contributed by atoms with Crippen molar-refractivity contribution in [2.75, 3.05) is 0 Å². The topological polar surface area (TPSA) is 9.23 Å². The minimum Gasteiger partial charge on any atom is -0.284 e. The zero-order valence-corrected chi connectivity index (χ0v) is 6.56. The molecule has 4 heteroatoms. The number of allylic oxidation sites excluding steroid dienone is 2. The largest absolute Gasteiger partial charge is 0.523 e. The molecule has 1 aliphatic rings. The van der Waals surface area contributed by atoms with Gasteiger partial charge in [-0.25, -0.2) is 0 Å². The number of halogens is 3. The average molecular weight is 178 g/mol. The van der Waals surface area contributed by atoms with Crippen LogP contribution in [0.2, 0.25) is 0 Å². The Kier molecular flexibility index (Phi) is 2.57. The highest BCUT2D eigenvalue weighted by Crippen LogP contribution is 2.25. The van der Waals surface area contributed by atoms with Gasteiger partial charge in [0.2, 0.25) is 0 Å². The van der Waals surface area contributed by atoms with Gasteiger partial charge in [0.25, 0.3) is 0 Å². The van der Waals surface area contributed by atoms with E-state index in [1.54, 1.807) is 25.2 Å². The Morgan fingerprint density at radius 2 is 2.17 bits per heavy atom. The van der Waals surface area contributed by atoms with Crippen molar-refractivity contribution in [1.29, 1.82) is 0 Å². The van der Waals surface area contributed by atoms with E-state index in [2.05, 4.69) is 4.74 Å². The van der Waals surface area contributed by atoms with Crippen molar-refractivity contribution in [3.05, 3.63) is 23.8 Å². The van der Waals surface area contributed by atoms with Gasteiger partial charge < -0.3 is 0 Å². The molecule has 0 aliphatic heterocycles. The zero-order valence-electron chi connectivity index (χ0n) is 6.56. The Balaban J connectivity index is 2.55. The molecule has 0 aromatic carbocycles. The normalized spacial score (nSPS) is 24.0. The van der Waals surface area contributed by atoms with Crippen molar-refractivity contribution in [2.45, 2.75) is 25.8 Å². The van der Waals surface area contributed by atoms with Gasteiger partial charge in [-0.1, -0.05) is 18.2 Å². The van der Waals surface area contributed by atoms with Crippen molar-refractivity contribution >= 4 is 0 Å². The molecular weight excluding hydrogens is 169 g/mol. The lowest BCUT2D eigenvalue weighted by molar-refractivity contribution is -0.337. The van der Waals surface area contributed by atoms with Crippen molar-refractivity contribution in [3.8, 4) is 0 Å². The Morgan fingerprint density at radius 1 is 1.50 bits per heavy atom. The standard InChI is InChI=1S/C8H9F3O/c1-6-4-2-3-5-7(6)12-8(9,10)11/h2-4,7H,5H2,1H3. The van der Waals surface area contributed by atoms with Gasteiger partial charge in [-0.2, -0.15) is 0 Å². The number of hydrogen-bond donors (Lipinski definition) is 0. The molecule has 12 heavy (non-hydrogen) atoms. The molecule has 0 aromatic heterocycles. The number of rotatable bonds is 1. The van der Waals surface area contributed by atoms with E-state index in [9.17, 15) is 13.2 Å². The Bertz CT molecular complexity index is 215. The lowest BCUT2D eigenvalue weighted by Crippen LogP contribution is -2.25. The van der Waals surface area contributed by atoms with E-state index in [4.69, 9.17) is 0 Å². The van der Waals surface area contributed by atoms with Crippen molar-refractivity contribution in [3.63, 3.8) is 0 Å². The monoisotopic (exact) mass is 178 g/mol. The first kappa shape index (κ1) is 9.32. The van der Waals surface area contributed by atoms with Gasteiger partial charge in [-0.15, -0.1) is 13.2 Å². The summed E-state index contributed by atoms with van der Waals surface area (Å²) in [6, 6.07) is 0. The summed E-state index contributed by atoms with van der Waals surface area (Å²) >= 11 is 0. The first-order valence-electron chi connectivity index (χ1n) is 3.57. The molecule has 1 aliphatic carbocycles. The predicted octanol–water partition coefficient (Wildman–Crippen LogP) is 2.80. The van der Waals surface area contributed by atoms with Crippen LogP contribution in [0.1, 0.15) is 13.3 Å². The quantitative estimate of drug-likeness (QED) is 0.599. The first-order chi connectivity index (χ1) is 5.49. The molecule has 0 radical (unpaired) electrons. The highest BCUT2D eigenvalue weighted by molar-refractivity contribution is 5.20. The van der Waals surface area contributed by atoms with Gasteiger partial charge in [0.1, 0.15) is 0 Å². The number of alkyl halides is 3. The molecule has 0 bridgehead atoms. The Hall–Kier alpha value is -0.770. The summed E-state index contributed by atoms with van der Waals surface area (Å²) in [6.45, 7) is 1.62. The van der Waals surface area contributed by atoms with Crippen LogP contribution < -0.4 is 0 Å². The third kappa shape index (κ3) is 2.70. The van der Waals surface area contributed by atoms with Crippen LogP contribution in [0.3, 0.4) is 0 Å². The van der Waals surface area contributed by atoms with Crippen LogP contribution in [0.5, 0.6) is 0 Å².